The summed E-state index contributed by atoms with van der Waals surface area (Å²) in [6.07, 6.45) is 8.82. The normalized spacial score (nSPS) is 20.3. The van der Waals surface area contributed by atoms with Crippen molar-refractivity contribution >= 4 is 0 Å². The van der Waals surface area contributed by atoms with Gasteiger partial charge in [-0.2, -0.15) is 15.5 Å². The van der Waals surface area contributed by atoms with Gasteiger partial charge in [-0.15, -0.1) is 0 Å². The Morgan fingerprint density at radius 3 is 2.53 bits per heavy atom. The first-order valence-electron chi connectivity index (χ1n) is 6.13. The highest BCUT2D eigenvalue weighted by molar-refractivity contribution is 5.07. The molecule has 0 aromatic heterocycles. The number of nitriles is 1. The van der Waals surface area contributed by atoms with E-state index in [9.17, 15) is 0 Å². The summed E-state index contributed by atoms with van der Waals surface area (Å²) in [5.74, 6) is 0. The van der Waals surface area contributed by atoms with Gasteiger partial charge in [-0.05, 0) is 32.1 Å². The fourth-order valence-electron chi connectivity index (χ4n) is 1.99. The molecule has 0 aromatic rings. The third-order valence-electron chi connectivity index (χ3n) is 3.01. The average Bonchev–Trinajstić information content (AvgIpc) is 2.30. The zero-order valence-corrected chi connectivity index (χ0v) is 9.71. The van der Waals surface area contributed by atoms with Gasteiger partial charge in [0.25, 0.3) is 0 Å². The molecule has 0 spiro atoms. The first kappa shape index (κ1) is 12.2. The molecular weight excluding hydrogens is 186 g/mol. The Morgan fingerprint density at radius 1 is 1.20 bits per heavy atom. The summed E-state index contributed by atoms with van der Waals surface area (Å²) in [5.41, 5.74) is -0.468. The van der Waals surface area contributed by atoms with Crippen LogP contribution in [0, 0.1) is 11.3 Å². The Morgan fingerprint density at radius 2 is 1.93 bits per heavy atom. The van der Waals surface area contributed by atoms with Crippen molar-refractivity contribution in [1.82, 2.24) is 0 Å². The maximum atomic E-state index is 9.14. The van der Waals surface area contributed by atoms with Gasteiger partial charge in [0.2, 0.25) is 0 Å². The number of rotatable bonds is 5. The first-order valence-corrected chi connectivity index (χ1v) is 6.13. The van der Waals surface area contributed by atoms with Gasteiger partial charge in [-0.1, -0.05) is 26.2 Å². The minimum absolute atomic E-state index is 0.468. The largest absolute Gasteiger partial charge is 0.196 e. The van der Waals surface area contributed by atoms with E-state index in [0.717, 1.165) is 38.6 Å². The van der Waals surface area contributed by atoms with Crippen molar-refractivity contribution in [2.75, 3.05) is 6.54 Å². The molecule has 84 valence electrons. The van der Waals surface area contributed by atoms with Crippen molar-refractivity contribution in [3.05, 3.63) is 0 Å². The summed E-state index contributed by atoms with van der Waals surface area (Å²) in [6.45, 7) is 2.96. The Hall–Kier alpha value is -0.910. The average molecular weight is 207 g/mol. The van der Waals surface area contributed by atoms with E-state index < -0.39 is 5.54 Å². The highest BCUT2D eigenvalue weighted by Gasteiger charge is 2.31. The summed E-state index contributed by atoms with van der Waals surface area (Å²) in [6, 6.07) is 2.35. The van der Waals surface area contributed by atoms with Crippen LogP contribution in [-0.4, -0.2) is 12.1 Å². The van der Waals surface area contributed by atoms with Crippen LogP contribution in [-0.2, 0) is 0 Å². The summed E-state index contributed by atoms with van der Waals surface area (Å²) in [4.78, 5) is 0. The quantitative estimate of drug-likeness (QED) is 0.499. The molecule has 0 heterocycles. The Labute approximate surface area is 92.6 Å². The molecule has 0 unspecified atom stereocenters. The van der Waals surface area contributed by atoms with E-state index in [0.29, 0.717) is 0 Å². The lowest BCUT2D eigenvalue weighted by Gasteiger charge is -2.24. The third-order valence-corrected chi connectivity index (χ3v) is 3.01. The summed E-state index contributed by atoms with van der Waals surface area (Å²) < 4.78 is 0. The zero-order valence-electron chi connectivity index (χ0n) is 9.71. The molecule has 0 radical (unpaired) electrons. The van der Waals surface area contributed by atoms with Crippen LogP contribution in [0.3, 0.4) is 0 Å². The van der Waals surface area contributed by atoms with E-state index in [2.05, 4.69) is 23.2 Å². The van der Waals surface area contributed by atoms with Crippen LogP contribution in [0.15, 0.2) is 10.2 Å². The lowest BCUT2D eigenvalue weighted by molar-refractivity contribution is 0.353. The molecule has 3 heteroatoms. The molecule has 0 aliphatic heterocycles. The second kappa shape index (κ2) is 6.55. The van der Waals surface area contributed by atoms with E-state index in [1.807, 2.05) is 0 Å². The highest BCUT2D eigenvalue weighted by Crippen LogP contribution is 2.31. The molecule has 0 atom stereocenters. The molecule has 0 N–H and O–H groups in total. The minimum atomic E-state index is -0.468. The van der Waals surface area contributed by atoms with E-state index in [1.54, 1.807) is 0 Å². The Balaban J connectivity index is 2.35. The summed E-state index contributed by atoms with van der Waals surface area (Å²) in [5, 5.41) is 17.6. The van der Waals surface area contributed by atoms with Crippen molar-refractivity contribution in [2.45, 2.75) is 63.8 Å². The van der Waals surface area contributed by atoms with E-state index in [-0.39, 0.29) is 0 Å². The monoisotopic (exact) mass is 207 g/mol. The van der Waals surface area contributed by atoms with Crippen molar-refractivity contribution in [3.8, 4) is 6.07 Å². The van der Waals surface area contributed by atoms with Crippen LogP contribution in [0.5, 0.6) is 0 Å². The van der Waals surface area contributed by atoms with E-state index >= 15 is 0 Å². The van der Waals surface area contributed by atoms with Crippen LogP contribution in [0.4, 0.5) is 0 Å². The molecule has 0 amide bonds. The minimum Gasteiger partial charge on any atom is -0.196 e. The molecule has 3 nitrogen and oxygen atoms in total. The van der Waals surface area contributed by atoms with Gasteiger partial charge in [0.1, 0.15) is 0 Å². The van der Waals surface area contributed by atoms with Crippen molar-refractivity contribution in [2.24, 2.45) is 10.2 Å². The van der Waals surface area contributed by atoms with Crippen molar-refractivity contribution in [3.63, 3.8) is 0 Å². The van der Waals surface area contributed by atoms with E-state index in [4.69, 9.17) is 5.26 Å². The number of hydrogen-bond acceptors (Lipinski definition) is 3. The van der Waals surface area contributed by atoms with Gasteiger partial charge in [0, 0.05) is 0 Å². The molecule has 0 bridgehead atoms. The molecule has 1 rings (SSSR count). The van der Waals surface area contributed by atoms with Gasteiger partial charge in [-0.3, -0.25) is 0 Å². The number of hydrogen-bond donors (Lipinski definition) is 0. The summed E-state index contributed by atoms with van der Waals surface area (Å²) in [7, 11) is 0. The number of nitrogens with zero attached hydrogens (tertiary/aromatic N) is 3. The number of unbranched alkanes of at least 4 members (excludes halogenated alkanes) is 2. The predicted octanol–water partition coefficient (Wildman–Crippen LogP) is 3.86. The van der Waals surface area contributed by atoms with Crippen LogP contribution >= 0.6 is 0 Å². The van der Waals surface area contributed by atoms with Crippen LogP contribution in [0.25, 0.3) is 0 Å². The van der Waals surface area contributed by atoms with Gasteiger partial charge >= 0.3 is 0 Å². The number of azo groups is 1. The Bertz CT molecular complexity index is 234. The van der Waals surface area contributed by atoms with Crippen LogP contribution in [0.1, 0.15) is 58.3 Å². The second-order valence-corrected chi connectivity index (χ2v) is 4.38. The highest BCUT2D eigenvalue weighted by atomic mass is 15.1. The zero-order chi connectivity index (χ0) is 11.0. The van der Waals surface area contributed by atoms with E-state index in [1.165, 1.54) is 19.3 Å². The molecule has 1 saturated carbocycles. The maximum absolute atomic E-state index is 9.14. The topological polar surface area (TPSA) is 48.5 Å². The first-order chi connectivity index (χ1) is 7.33. The Kier molecular flexibility index (Phi) is 5.31. The predicted molar refractivity (Wildman–Crippen MR) is 60.7 cm³/mol. The molecular formula is C12H21N3. The third kappa shape index (κ3) is 3.99. The smallest absolute Gasteiger partial charge is 0.167 e. The standard InChI is InChI=1S/C12H21N3/c1-2-3-7-10-14-15-12(11-13)8-5-4-6-9-12/h2-10H2,1H3/b15-14+. The van der Waals surface area contributed by atoms with Gasteiger partial charge in [-0.25, -0.2) is 0 Å². The SMILES string of the molecule is CCCCC/N=N/C1(C#N)CCCCC1. The second-order valence-electron chi connectivity index (χ2n) is 4.38. The molecule has 1 aliphatic carbocycles. The fourth-order valence-corrected chi connectivity index (χ4v) is 1.99. The fraction of sp³-hybridized carbons (Fsp3) is 0.917. The van der Waals surface area contributed by atoms with Gasteiger partial charge in [0.15, 0.2) is 5.54 Å². The van der Waals surface area contributed by atoms with Crippen molar-refractivity contribution in [1.29, 1.82) is 5.26 Å². The van der Waals surface area contributed by atoms with Crippen LogP contribution in [0.2, 0.25) is 0 Å². The molecule has 15 heavy (non-hydrogen) atoms. The lowest BCUT2D eigenvalue weighted by Crippen LogP contribution is -2.26. The van der Waals surface area contributed by atoms with Gasteiger partial charge < -0.3 is 0 Å². The molecule has 0 aromatic carbocycles. The molecule has 0 saturated heterocycles. The van der Waals surface area contributed by atoms with Crippen LogP contribution < -0.4 is 0 Å². The van der Waals surface area contributed by atoms with Gasteiger partial charge in [0.05, 0.1) is 12.6 Å². The van der Waals surface area contributed by atoms with Crippen molar-refractivity contribution < 1.29 is 0 Å². The molecule has 1 aliphatic rings. The lowest BCUT2D eigenvalue weighted by atomic mass is 9.84. The maximum Gasteiger partial charge on any atom is 0.167 e. The summed E-state index contributed by atoms with van der Waals surface area (Å²) >= 11 is 0. The molecule has 1 fully saturated rings.